The lowest BCUT2D eigenvalue weighted by molar-refractivity contribution is 0.0684. The van der Waals surface area contributed by atoms with Gasteiger partial charge in [0.15, 0.2) is 5.75 Å². The summed E-state index contributed by atoms with van der Waals surface area (Å²) < 4.78 is 1.41. The van der Waals surface area contributed by atoms with Gasteiger partial charge >= 0.3 is 5.97 Å². The number of aromatic hydroxyl groups is 1. The number of benzene rings is 1. The fraction of sp³-hybridized carbons (Fsp3) is 0.450. The summed E-state index contributed by atoms with van der Waals surface area (Å²) in [6.07, 6.45) is 5.34. The predicted molar refractivity (Wildman–Crippen MR) is 97.8 cm³/mol. The van der Waals surface area contributed by atoms with Crippen LogP contribution in [0.5, 0.6) is 5.75 Å². The first-order chi connectivity index (χ1) is 12.3. The first-order valence-electron chi connectivity index (χ1n) is 8.97. The van der Waals surface area contributed by atoms with E-state index in [-0.39, 0.29) is 5.41 Å². The Morgan fingerprint density at radius 2 is 2.00 bits per heavy atom. The number of hydrogen-bond donors (Lipinski definition) is 2. The number of carboxylic acid groups (broad SMARTS) is 1. The highest BCUT2D eigenvalue weighted by Crippen LogP contribution is 2.43. The minimum absolute atomic E-state index is 0.171. The van der Waals surface area contributed by atoms with Gasteiger partial charge in [-0.25, -0.2) is 4.79 Å². The number of carbonyl (C=O) groups is 1. The first kappa shape index (κ1) is 18.2. The van der Waals surface area contributed by atoms with Crippen molar-refractivity contribution in [3.8, 4) is 5.75 Å². The van der Waals surface area contributed by atoms with E-state index >= 15 is 0 Å². The molecule has 1 heterocycles. The second-order valence-electron chi connectivity index (χ2n) is 7.46. The van der Waals surface area contributed by atoms with Crippen molar-refractivity contribution in [2.75, 3.05) is 0 Å². The van der Waals surface area contributed by atoms with Crippen LogP contribution in [-0.4, -0.2) is 26.0 Å². The molecule has 26 heavy (non-hydrogen) atoms. The number of carboxylic acids is 1. The van der Waals surface area contributed by atoms with E-state index in [0.29, 0.717) is 12.5 Å². The summed E-state index contributed by atoms with van der Waals surface area (Å²) in [4.78, 5) is 23.0. The fourth-order valence-corrected chi connectivity index (χ4v) is 3.87. The van der Waals surface area contributed by atoms with E-state index < -0.39 is 22.8 Å². The van der Waals surface area contributed by atoms with Gasteiger partial charge in [-0.15, -0.1) is 0 Å². The van der Waals surface area contributed by atoms with Crippen molar-refractivity contribution in [3.63, 3.8) is 0 Å². The molecular formula is C20H24N2O4. The Kier molecular flexibility index (Phi) is 4.85. The molecule has 1 saturated carbocycles. The highest BCUT2D eigenvalue weighted by atomic mass is 16.4. The second-order valence-corrected chi connectivity index (χ2v) is 7.46. The molecular weight excluding hydrogens is 332 g/mol. The zero-order chi connectivity index (χ0) is 18.9. The van der Waals surface area contributed by atoms with E-state index in [1.165, 1.54) is 22.0 Å². The zero-order valence-electron chi connectivity index (χ0n) is 15.1. The standard InChI is InChI=1S/C20H24N2O4/c1-13(2)14-6-5-7-15(10-14)20(8-3-4-9-20)12-22-11-16(23)18(24)17(21-22)19(25)26/h5-7,10-11,13,23H,3-4,8-9,12H2,1-2H3,(H,25,26). The lowest BCUT2D eigenvalue weighted by Gasteiger charge is -2.31. The molecule has 0 unspecified atom stereocenters. The molecule has 1 aliphatic carbocycles. The van der Waals surface area contributed by atoms with Crippen LogP contribution in [0.25, 0.3) is 0 Å². The summed E-state index contributed by atoms with van der Waals surface area (Å²) in [7, 11) is 0. The molecule has 0 spiro atoms. The molecule has 0 bridgehead atoms. The number of aromatic carboxylic acids is 1. The van der Waals surface area contributed by atoms with E-state index in [1.807, 2.05) is 0 Å². The van der Waals surface area contributed by atoms with Crippen LogP contribution >= 0.6 is 0 Å². The topological polar surface area (TPSA) is 92.4 Å². The third-order valence-electron chi connectivity index (χ3n) is 5.34. The maximum absolute atomic E-state index is 11.8. The van der Waals surface area contributed by atoms with Crippen molar-refractivity contribution in [2.45, 2.75) is 57.4 Å². The minimum atomic E-state index is -1.43. The van der Waals surface area contributed by atoms with Crippen LogP contribution in [0, 0.1) is 0 Å². The first-order valence-corrected chi connectivity index (χ1v) is 8.97. The van der Waals surface area contributed by atoms with Gasteiger partial charge in [0.2, 0.25) is 5.69 Å². The molecule has 2 N–H and O–H groups in total. The molecule has 0 radical (unpaired) electrons. The van der Waals surface area contributed by atoms with E-state index in [9.17, 15) is 14.7 Å². The molecule has 0 aliphatic heterocycles. The Bertz CT molecular complexity index is 880. The van der Waals surface area contributed by atoms with Gasteiger partial charge in [-0.2, -0.15) is 5.10 Å². The van der Waals surface area contributed by atoms with E-state index in [2.05, 4.69) is 43.2 Å². The van der Waals surface area contributed by atoms with Gasteiger partial charge < -0.3 is 10.2 Å². The monoisotopic (exact) mass is 356 g/mol. The quantitative estimate of drug-likeness (QED) is 0.858. The number of rotatable bonds is 5. The van der Waals surface area contributed by atoms with Crippen molar-refractivity contribution in [1.82, 2.24) is 9.78 Å². The fourth-order valence-electron chi connectivity index (χ4n) is 3.87. The van der Waals surface area contributed by atoms with Crippen LogP contribution in [0.15, 0.2) is 35.3 Å². The molecule has 1 fully saturated rings. The smallest absolute Gasteiger partial charge is 0.360 e. The second kappa shape index (κ2) is 6.94. The van der Waals surface area contributed by atoms with Gasteiger partial charge in [0, 0.05) is 5.41 Å². The normalized spacial score (nSPS) is 16.1. The molecule has 2 aromatic rings. The van der Waals surface area contributed by atoms with Crippen LogP contribution in [-0.2, 0) is 12.0 Å². The maximum Gasteiger partial charge on any atom is 0.360 e. The Morgan fingerprint density at radius 3 is 2.62 bits per heavy atom. The number of aromatic nitrogens is 2. The lowest BCUT2D eigenvalue weighted by Crippen LogP contribution is -2.32. The molecule has 0 saturated heterocycles. The summed E-state index contributed by atoms with van der Waals surface area (Å²) in [5.41, 5.74) is 0.703. The molecule has 0 atom stereocenters. The van der Waals surface area contributed by atoms with Crippen LogP contribution in [0.4, 0.5) is 0 Å². The summed E-state index contributed by atoms with van der Waals surface area (Å²) in [6.45, 7) is 4.74. The highest BCUT2D eigenvalue weighted by Gasteiger charge is 2.37. The Morgan fingerprint density at radius 1 is 1.31 bits per heavy atom. The average Bonchev–Trinajstić information content (AvgIpc) is 3.07. The number of nitrogens with zero attached hydrogens (tertiary/aromatic N) is 2. The third kappa shape index (κ3) is 3.36. The molecule has 0 amide bonds. The molecule has 6 heteroatoms. The van der Waals surface area contributed by atoms with Crippen molar-refractivity contribution in [3.05, 3.63) is 57.5 Å². The third-order valence-corrected chi connectivity index (χ3v) is 5.34. The molecule has 3 rings (SSSR count). The largest absolute Gasteiger partial charge is 0.503 e. The number of hydrogen-bond acceptors (Lipinski definition) is 4. The lowest BCUT2D eigenvalue weighted by atomic mass is 9.77. The van der Waals surface area contributed by atoms with Crippen LogP contribution in [0.2, 0.25) is 0 Å². The molecule has 138 valence electrons. The highest BCUT2D eigenvalue weighted by molar-refractivity contribution is 5.85. The van der Waals surface area contributed by atoms with Crippen molar-refractivity contribution < 1.29 is 15.0 Å². The van der Waals surface area contributed by atoms with Crippen LogP contribution in [0.1, 0.15) is 67.1 Å². The van der Waals surface area contributed by atoms with Gasteiger partial charge in [0.05, 0.1) is 12.7 Å². The summed E-state index contributed by atoms with van der Waals surface area (Å²) in [6, 6.07) is 8.50. The zero-order valence-corrected chi connectivity index (χ0v) is 15.1. The van der Waals surface area contributed by atoms with Crippen molar-refractivity contribution in [2.24, 2.45) is 0 Å². The van der Waals surface area contributed by atoms with Crippen molar-refractivity contribution >= 4 is 5.97 Å². The van der Waals surface area contributed by atoms with E-state index in [1.54, 1.807) is 0 Å². The van der Waals surface area contributed by atoms with Gasteiger partial charge in [-0.3, -0.25) is 9.48 Å². The molecule has 6 nitrogen and oxygen atoms in total. The van der Waals surface area contributed by atoms with Gasteiger partial charge in [0.25, 0.3) is 5.43 Å². The van der Waals surface area contributed by atoms with Gasteiger partial charge in [-0.05, 0) is 29.9 Å². The Labute approximate surface area is 152 Å². The minimum Gasteiger partial charge on any atom is -0.503 e. The average molecular weight is 356 g/mol. The molecule has 1 aliphatic rings. The van der Waals surface area contributed by atoms with Crippen LogP contribution < -0.4 is 5.43 Å². The summed E-state index contributed by atoms with van der Waals surface area (Å²) in [5.74, 6) is -1.59. The SMILES string of the molecule is CC(C)c1cccc(C2(Cn3cc(O)c(=O)c(C(=O)O)n3)CCCC2)c1. The van der Waals surface area contributed by atoms with Crippen molar-refractivity contribution in [1.29, 1.82) is 0 Å². The van der Waals surface area contributed by atoms with Crippen LogP contribution in [0.3, 0.4) is 0 Å². The van der Waals surface area contributed by atoms with E-state index in [4.69, 9.17) is 5.11 Å². The summed E-state index contributed by atoms with van der Waals surface area (Å²) >= 11 is 0. The molecule has 1 aromatic heterocycles. The Hall–Kier alpha value is -2.63. The summed E-state index contributed by atoms with van der Waals surface area (Å²) in [5, 5.41) is 23.0. The van der Waals surface area contributed by atoms with Gasteiger partial charge in [0.1, 0.15) is 0 Å². The Balaban J connectivity index is 2.04. The van der Waals surface area contributed by atoms with E-state index in [0.717, 1.165) is 25.7 Å². The van der Waals surface area contributed by atoms with Gasteiger partial charge in [-0.1, -0.05) is 51.0 Å². The predicted octanol–water partition coefficient (Wildman–Crippen LogP) is 3.28. The molecule has 1 aromatic carbocycles. The maximum atomic E-state index is 11.8.